The molecule has 0 bridgehead atoms. The van der Waals surface area contributed by atoms with E-state index in [0.717, 1.165) is 32.1 Å². The highest BCUT2D eigenvalue weighted by Gasteiger charge is 2.32. The van der Waals surface area contributed by atoms with Crippen LogP contribution in [0.25, 0.3) is 11.1 Å². The van der Waals surface area contributed by atoms with Gasteiger partial charge in [-0.3, -0.25) is 10.1 Å². The molecule has 3 rings (SSSR count). The Bertz CT molecular complexity index is 817. The first kappa shape index (κ1) is 22.3. The summed E-state index contributed by atoms with van der Waals surface area (Å²) in [5, 5.41) is 12.8. The number of benzene rings is 2. The molecule has 1 unspecified atom stereocenters. The Labute approximate surface area is 180 Å². The monoisotopic (exact) mass is 407 g/mol. The van der Waals surface area contributed by atoms with E-state index >= 15 is 0 Å². The average molecular weight is 408 g/mol. The van der Waals surface area contributed by atoms with Crippen molar-refractivity contribution in [1.29, 1.82) is 0 Å². The molecule has 0 saturated heterocycles. The smallest absolute Gasteiger partial charge is 0.323 e. The highest BCUT2D eigenvalue weighted by atomic mass is 16.5. The van der Waals surface area contributed by atoms with Crippen LogP contribution in [0.5, 0.6) is 0 Å². The standard InChI is InChI=1S/C26H33NO3/c1-3-4-5-6-7-12-17-26(2,25(28)29)27-19-30-18-24-22-15-10-8-13-20(22)21-14-9-11-16-23(21)24/h3,8-11,13-16,24,27H,1,4-7,12,17-19H2,2H3,(H,28,29). The number of rotatable bonds is 13. The van der Waals surface area contributed by atoms with E-state index in [2.05, 4.69) is 60.4 Å². The van der Waals surface area contributed by atoms with Crippen molar-refractivity contribution in [3.05, 3.63) is 72.3 Å². The van der Waals surface area contributed by atoms with Crippen LogP contribution in [-0.4, -0.2) is 30.0 Å². The van der Waals surface area contributed by atoms with Crippen LogP contribution in [0.4, 0.5) is 0 Å². The molecule has 4 heteroatoms. The Morgan fingerprint density at radius 3 is 2.27 bits per heavy atom. The summed E-state index contributed by atoms with van der Waals surface area (Å²) < 4.78 is 5.95. The molecule has 1 aliphatic carbocycles. The molecule has 0 fully saturated rings. The summed E-state index contributed by atoms with van der Waals surface area (Å²) in [5.74, 6) is -0.645. The van der Waals surface area contributed by atoms with Gasteiger partial charge in [0.15, 0.2) is 0 Å². The fraction of sp³-hybridized carbons (Fsp3) is 0.423. The third-order valence-electron chi connectivity index (χ3n) is 6.12. The van der Waals surface area contributed by atoms with Gasteiger partial charge in [0, 0.05) is 5.92 Å². The largest absolute Gasteiger partial charge is 0.480 e. The van der Waals surface area contributed by atoms with Crippen molar-refractivity contribution >= 4 is 5.97 Å². The molecule has 0 radical (unpaired) electrons. The number of ether oxygens (including phenoxy) is 1. The second kappa shape index (κ2) is 10.6. The zero-order valence-corrected chi connectivity index (χ0v) is 17.9. The van der Waals surface area contributed by atoms with Crippen LogP contribution in [0.1, 0.15) is 62.5 Å². The molecule has 1 atom stereocenters. The van der Waals surface area contributed by atoms with E-state index in [1.165, 1.54) is 22.3 Å². The average Bonchev–Trinajstić information content (AvgIpc) is 3.07. The van der Waals surface area contributed by atoms with Gasteiger partial charge in [-0.25, -0.2) is 0 Å². The van der Waals surface area contributed by atoms with Crippen LogP contribution in [0.15, 0.2) is 61.2 Å². The van der Waals surface area contributed by atoms with Crippen LogP contribution in [0.2, 0.25) is 0 Å². The van der Waals surface area contributed by atoms with E-state index < -0.39 is 11.5 Å². The first-order valence-corrected chi connectivity index (χ1v) is 10.9. The van der Waals surface area contributed by atoms with Crippen LogP contribution in [0.3, 0.4) is 0 Å². The second-order valence-corrected chi connectivity index (χ2v) is 8.30. The van der Waals surface area contributed by atoms with Crippen molar-refractivity contribution < 1.29 is 14.6 Å². The molecule has 30 heavy (non-hydrogen) atoms. The van der Waals surface area contributed by atoms with E-state index in [4.69, 9.17) is 4.74 Å². The van der Waals surface area contributed by atoms with Crippen molar-refractivity contribution in [3.8, 4) is 11.1 Å². The predicted octanol–water partition coefficient (Wildman–Crippen LogP) is 5.73. The van der Waals surface area contributed by atoms with Crippen LogP contribution >= 0.6 is 0 Å². The van der Waals surface area contributed by atoms with Gasteiger partial charge >= 0.3 is 5.97 Å². The fourth-order valence-corrected chi connectivity index (χ4v) is 4.22. The Kier molecular flexibility index (Phi) is 7.83. The molecule has 0 spiro atoms. The lowest BCUT2D eigenvalue weighted by molar-refractivity contribution is -0.145. The minimum Gasteiger partial charge on any atom is -0.480 e. The van der Waals surface area contributed by atoms with Crippen LogP contribution in [-0.2, 0) is 9.53 Å². The fourth-order valence-electron chi connectivity index (χ4n) is 4.22. The van der Waals surface area contributed by atoms with Crippen molar-refractivity contribution in [3.63, 3.8) is 0 Å². The van der Waals surface area contributed by atoms with E-state index in [-0.39, 0.29) is 12.6 Å². The SMILES string of the molecule is C=CCCCCCCC(C)(NCOCC1c2ccccc2-c2ccccc21)C(=O)O. The maximum atomic E-state index is 11.8. The van der Waals surface area contributed by atoms with E-state index in [9.17, 15) is 9.90 Å². The van der Waals surface area contributed by atoms with Gasteiger partial charge in [0.25, 0.3) is 0 Å². The maximum absolute atomic E-state index is 11.8. The number of allylic oxidation sites excluding steroid dienone is 1. The minimum atomic E-state index is -0.968. The summed E-state index contributed by atoms with van der Waals surface area (Å²) in [6.07, 6.45) is 7.70. The maximum Gasteiger partial charge on any atom is 0.323 e. The molecular weight excluding hydrogens is 374 g/mol. The molecule has 1 aliphatic rings. The first-order valence-electron chi connectivity index (χ1n) is 10.9. The number of carboxylic acids is 1. The summed E-state index contributed by atoms with van der Waals surface area (Å²) in [6.45, 7) is 6.24. The summed E-state index contributed by atoms with van der Waals surface area (Å²) in [6, 6.07) is 16.9. The van der Waals surface area contributed by atoms with E-state index in [1.54, 1.807) is 6.92 Å². The molecule has 0 amide bonds. The second-order valence-electron chi connectivity index (χ2n) is 8.30. The lowest BCUT2D eigenvalue weighted by Crippen LogP contribution is -2.50. The lowest BCUT2D eigenvalue weighted by atomic mass is 9.94. The molecule has 2 aromatic rings. The van der Waals surface area contributed by atoms with Crippen molar-refractivity contribution in [2.24, 2.45) is 0 Å². The lowest BCUT2D eigenvalue weighted by Gasteiger charge is -2.27. The Balaban J connectivity index is 1.52. The number of fused-ring (bicyclic) bond motifs is 3. The molecule has 2 N–H and O–H groups in total. The van der Waals surface area contributed by atoms with Crippen molar-refractivity contribution in [1.82, 2.24) is 5.32 Å². The van der Waals surface area contributed by atoms with E-state index in [1.807, 2.05) is 6.08 Å². The van der Waals surface area contributed by atoms with Crippen LogP contribution in [0, 0.1) is 0 Å². The van der Waals surface area contributed by atoms with Crippen molar-refractivity contribution in [2.45, 2.75) is 56.9 Å². The Morgan fingerprint density at radius 2 is 1.67 bits per heavy atom. The van der Waals surface area contributed by atoms with Crippen molar-refractivity contribution in [2.75, 3.05) is 13.3 Å². The minimum absolute atomic E-state index is 0.181. The van der Waals surface area contributed by atoms with Gasteiger partial charge in [-0.15, -0.1) is 6.58 Å². The van der Waals surface area contributed by atoms with Gasteiger partial charge in [0.2, 0.25) is 0 Å². The number of carbonyl (C=O) groups is 1. The summed E-state index contributed by atoms with van der Waals surface area (Å²) >= 11 is 0. The highest BCUT2D eigenvalue weighted by molar-refractivity contribution is 5.79. The topological polar surface area (TPSA) is 58.6 Å². The third-order valence-corrected chi connectivity index (χ3v) is 6.12. The Hall–Kier alpha value is -2.43. The summed E-state index contributed by atoms with van der Waals surface area (Å²) in [5.41, 5.74) is 4.12. The molecule has 160 valence electrons. The third kappa shape index (κ3) is 5.18. The highest BCUT2D eigenvalue weighted by Crippen LogP contribution is 2.44. The van der Waals surface area contributed by atoms with Gasteiger partial charge in [-0.1, -0.05) is 73.9 Å². The predicted molar refractivity (Wildman–Crippen MR) is 122 cm³/mol. The van der Waals surface area contributed by atoms with Gasteiger partial charge in [0.1, 0.15) is 5.54 Å². The molecule has 0 heterocycles. The zero-order valence-electron chi connectivity index (χ0n) is 17.9. The van der Waals surface area contributed by atoms with Gasteiger partial charge in [-0.2, -0.15) is 0 Å². The number of carboxylic acid groups (broad SMARTS) is 1. The number of aliphatic carboxylic acids is 1. The molecule has 0 saturated carbocycles. The summed E-state index contributed by atoms with van der Waals surface area (Å²) in [4.78, 5) is 11.8. The van der Waals surface area contributed by atoms with Crippen LogP contribution < -0.4 is 5.32 Å². The molecule has 4 nitrogen and oxygen atoms in total. The molecular formula is C26H33NO3. The van der Waals surface area contributed by atoms with Gasteiger partial charge in [-0.05, 0) is 48.4 Å². The number of hydrogen-bond acceptors (Lipinski definition) is 3. The van der Waals surface area contributed by atoms with Gasteiger partial charge < -0.3 is 9.84 Å². The number of unbranched alkanes of at least 4 members (excludes halogenated alkanes) is 4. The van der Waals surface area contributed by atoms with Gasteiger partial charge in [0.05, 0.1) is 13.3 Å². The van der Waals surface area contributed by atoms with E-state index in [0.29, 0.717) is 13.0 Å². The summed E-state index contributed by atoms with van der Waals surface area (Å²) in [7, 11) is 0. The normalized spacial score (nSPS) is 14.7. The Morgan fingerprint density at radius 1 is 1.07 bits per heavy atom. The first-order chi connectivity index (χ1) is 14.6. The quantitative estimate of drug-likeness (QED) is 0.253. The number of hydrogen-bond donors (Lipinski definition) is 2. The number of nitrogens with one attached hydrogen (secondary N) is 1. The molecule has 0 aromatic heterocycles. The molecule has 0 aliphatic heterocycles. The zero-order chi connectivity index (χ0) is 21.4. The molecule has 2 aromatic carbocycles.